The lowest BCUT2D eigenvalue weighted by molar-refractivity contribution is -0.117. The normalized spacial score (nSPS) is 11.5. The third kappa shape index (κ3) is 5.49. The number of carbonyl (C=O) groups is 2. The van der Waals surface area contributed by atoms with Gasteiger partial charge in [0.1, 0.15) is 5.75 Å². The molecular weight excluding hydrogens is 414 g/mol. The van der Waals surface area contributed by atoms with E-state index in [-0.39, 0.29) is 17.9 Å². The van der Waals surface area contributed by atoms with Gasteiger partial charge in [-0.25, -0.2) is 4.79 Å². The summed E-state index contributed by atoms with van der Waals surface area (Å²) in [6.07, 6.45) is 0. The average molecular weight is 440 g/mol. The molecule has 0 bridgehead atoms. The summed E-state index contributed by atoms with van der Waals surface area (Å²) in [5.74, 6) is 0.315. The Bertz CT molecular complexity index is 1290. The maximum Gasteiger partial charge on any atom is 0.323 e. The van der Waals surface area contributed by atoms with Crippen LogP contribution in [0.25, 0.3) is 10.8 Å². The van der Waals surface area contributed by atoms with E-state index in [0.717, 1.165) is 22.1 Å². The Morgan fingerprint density at radius 3 is 2.09 bits per heavy atom. The fourth-order valence-corrected chi connectivity index (χ4v) is 3.53. The molecule has 3 amide bonds. The quantitative estimate of drug-likeness (QED) is 0.333. The third-order valence-corrected chi connectivity index (χ3v) is 5.38. The molecule has 0 aliphatic rings. The van der Waals surface area contributed by atoms with Gasteiger partial charge in [0.15, 0.2) is 0 Å². The summed E-state index contributed by atoms with van der Waals surface area (Å²) in [5, 5.41) is 10.6. The van der Waals surface area contributed by atoms with Crippen LogP contribution in [0.1, 0.15) is 18.4 Å². The molecule has 0 saturated heterocycles. The number of fused-ring (bicyclic) bond motifs is 1. The van der Waals surface area contributed by atoms with E-state index in [1.165, 1.54) is 0 Å². The molecule has 0 aromatic heterocycles. The minimum absolute atomic E-state index is 0.131. The van der Waals surface area contributed by atoms with E-state index in [4.69, 9.17) is 4.74 Å². The van der Waals surface area contributed by atoms with Crippen LogP contribution in [-0.4, -0.2) is 19.0 Å². The first-order chi connectivity index (χ1) is 16.0. The smallest absolute Gasteiger partial charge is 0.323 e. The summed E-state index contributed by atoms with van der Waals surface area (Å²) in [7, 11) is 1.64. The second kappa shape index (κ2) is 9.87. The zero-order chi connectivity index (χ0) is 23.2. The number of para-hydroxylation sites is 1. The van der Waals surface area contributed by atoms with Crippen molar-refractivity contribution >= 4 is 39.8 Å². The standard InChI is InChI=1S/C27H25N3O3/c1-18(19-11-12-21-16-25(33-2)14-13-20(21)15-19)26(31)28-23-9-6-10-24(17-23)30-27(32)29-22-7-4-3-5-8-22/h3-18H,1-2H3,(H,28,31)(H2,29,30,32)/t18-/m0/s1. The van der Waals surface area contributed by atoms with Gasteiger partial charge in [-0.05, 0) is 65.7 Å². The molecule has 3 N–H and O–H groups in total. The molecule has 4 aromatic carbocycles. The van der Waals surface area contributed by atoms with Gasteiger partial charge in [-0.1, -0.05) is 48.5 Å². The fraction of sp³-hybridized carbons (Fsp3) is 0.111. The highest BCUT2D eigenvalue weighted by Crippen LogP contribution is 2.26. The summed E-state index contributed by atoms with van der Waals surface area (Å²) >= 11 is 0. The first-order valence-corrected chi connectivity index (χ1v) is 10.6. The van der Waals surface area contributed by atoms with Gasteiger partial charge in [0.25, 0.3) is 0 Å². The molecule has 1 atom stereocenters. The zero-order valence-corrected chi connectivity index (χ0v) is 18.5. The molecule has 0 unspecified atom stereocenters. The van der Waals surface area contributed by atoms with Crippen LogP contribution in [0.15, 0.2) is 91.0 Å². The average Bonchev–Trinajstić information content (AvgIpc) is 2.83. The van der Waals surface area contributed by atoms with E-state index < -0.39 is 0 Å². The fourth-order valence-electron chi connectivity index (χ4n) is 3.53. The molecule has 0 aliphatic heterocycles. The van der Waals surface area contributed by atoms with Crippen LogP contribution < -0.4 is 20.7 Å². The summed E-state index contributed by atoms with van der Waals surface area (Å²) in [6.45, 7) is 1.87. The Labute approximate surface area is 192 Å². The molecule has 6 heteroatoms. The topological polar surface area (TPSA) is 79.5 Å². The number of urea groups is 1. The molecule has 0 aliphatic carbocycles. The highest BCUT2D eigenvalue weighted by molar-refractivity contribution is 6.01. The van der Waals surface area contributed by atoms with Gasteiger partial charge < -0.3 is 20.7 Å². The van der Waals surface area contributed by atoms with Crippen molar-refractivity contribution in [3.8, 4) is 5.75 Å². The SMILES string of the molecule is COc1ccc2cc([C@H](C)C(=O)Nc3cccc(NC(=O)Nc4ccccc4)c3)ccc2c1. The van der Waals surface area contributed by atoms with Crippen LogP contribution in [0, 0.1) is 0 Å². The minimum atomic E-state index is -0.356. The molecular formula is C27H25N3O3. The van der Waals surface area contributed by atoms with Crippen molar-refractivity contribution in [2.24, 2.45) is 0 Å². The molecule has 0 saturated carbocycles. The summed E-state index contributed by atoms with van der Waals surface area (Å²) in [6, 6.07) is 27.7. The number of ether oxygens (including phenoxy) is 1. The van der Waals surface area contributed by atoms with Crippen molar-refractivity contribution in [1.82, 2.24) is 0 Å². The Morgan fingerprint density at radius 2 is 1.33 bits per heavy atom. The number of rotatable bonds is 6. The van der Waals surface area contributed by atoms with E-state index >= 15 is 0 Å². The number of benzene rings is 4. The Hall–Kier alpha value is -4.32. The summed E-state index contributed by atoms with van der Waals surface area (Å²) in [5.41, 5.74) is 2.80. The number of methoxy groups -OCH3 is 1. The molecule has 0 spiro atoms. The molecule has 4 rings (SSSR count). The van der Waals surface area contributed by atoms with Crippen LogP contribution in [0.3, 0.4) is 0 Å². The molecule has 0 radical (unpaired) electrons. The molecule has 4 aromatic rings. The molecule has 166 valence electrons. The van der Waals surface area contributed by atoms with Crippen LogP contribution >= 0.6 is 0 Å². The summed E-state index contributed by atoms with van der Waals surface area (Å²) < 4.78 is 5.27. The highest BCUT2D eigenvalue weighted by Gasteiger charge is 2.16. The Morgan fingerprint density at radius 1 is 0.697 bits per heavy atom. The number of amides is 3. The number of carbonyl (C=O) groups excluding carboxylic acids is 2. The van der Waals surface area contributed by atoms with Crippen molar-refractivity contribution in [2.45, 2.75) is 12.8 Å². The summed E-state index contributed by atoms with van der Waals surface area (Å²) in [4.78, 5) is 25.1. The molecule has 6 nitrogen and oxygen atoms in total. The lowest BCUT2D eigenvalue weighted by Crippen LogP contribution is -2.20. The van der Waals surface area contributed by atoms with E-state index in [9.17, 15) is 9.59 Å². The lowest BCUT2D eigenvalue weighted by atomic mass is 9.97. The van der Waals surface area contributed by atoms with E-state index in [0.29, 0.717) is 17.1 Å². The second-order valence-corrected chi connectivity index (χ2v) is 7.71. The Kier molecular flexibility index (Phi) is 6.55. The number of hydrogen-bond acceptors (Lipinski definition) is 3. The Balaban J connectivity index is 1.41. The maximum absolute atomic E-state index is 12.9. The highest BCUT2D eigenvalue weighted by atomic mass is 16.5. The maximum atomic E-state index is 12.9. The first kappa shape index (κ1) is 21.9. The van der Waals surface area contributed by atoms with Crippen LogP contribution in [0.5, 0.6) is 5.75 Å². The zero-order valence-electron chi connectivity index (χ0n) is 18.5. The van der Waals surface area contributed by atoms with Crippen molar-refractivity contribution in [2.75, 3.05) is 23.1 Å². The van der Waals surface area contributed by atoms with Crippen LogP contribution in [0.4, 0.5) is 21.9 Å². The molecule has 0 fully saturated rings. The van der Waals surface area contributed by atoms with Gasteiger partial charge in [0.2, 0.25) is 5.91 Å². The van der Waals surface area contributed by atoms with Crippen LogP contribution in [-0.2, 0) is 4.79 Å². The van der Waals surface area contributed by atoms with Gasteiger partial charge >= 0.3 is 6.03 Å². The van der Waals surface area contributed by atoms with Crippen molar-refractivity contribution < 1.29 is 14.3 Å². The third-order valence-electron chi connectivity index (χ3n) is 5.38. The van der Waals surface area contributed by atoms with Crippen LogP contribution in [0.2, 0.25) is 0 Å². The monoisotopic (exact) mass is 439 g/mol. The van der Waals surface area contributed by atoms with E-state index in [1.54, 1.807) is 43.5 Å². The number of hydrogen-bond donors (Lipinski definition) is 3. The van der Waals surface area contributed by atoms with E-state index in [1.807, 2.05) is 61.5 Å². The lowest BCUT2D eigenvalue weighted by Gasteiger charge is -2.15. The first-order valence-electron chi connectivity index (χ1n) is 10.6. The van der Waals surface area contributed by atoms with Crippen molar-refractivity contribution in [3.63, 3.8) is 0 Å². The predicted octanol–water partition coefficient (Wildman–Crippen LogP) is 6.23. The van der Waals surface area contributed by atoms with Crippen molar-refractivity contribution in [3.05, 3.63) is 96.6 Å². The van der Waals surface area contributed by atoms with Gasteiger partial charge in [-0.2, -0.15) is 0 Å². The predicted molar refractivity (Wildman–Crippen MR) is 133 cm³/mol. The van der Waals surface area contributed by atoms with E-state index in [2.05, 4.69) is 16.0 Å². The largest absolute Gasteiger partial charge is 0.497 e. The van der Waals surface area contributed by atoms with Gasteiger partial charge in [-0.15, -0.1) is 0 Å². The van der Waals surface area contributed by atoms with Gasteiger partial charge in [0.05, 0.1) is 13.0 Å². The van der Waals surface area contributed by atoms with Crippen molar-refractivity contribution in [1.29, 1.82) is 0 Å². The molecule has 33 heavy (non-hydrogen) atoms. The van der Waals surface area contributed by atoms with Gasteiger partial charge in [0, 0.05) is 17.1 Å². The number of nitrogens with one attached hydrogen (secondary N) is 3. The second-order valence-electron chi connectivity index (χ2n) is 7.71. The minimum Gasteiger partial charge on any atom is -0.497 e. The van der Waals surface area contributed by atoms with Gasteiger partial charge in [-0.3, -0.25) is 4.79 Å². The number of anilines is 3. The molecule has 0 heterocycles.